The zero-order valence-electron chi connectivity index (χ0n) is 14.5. The SMILES string of the molecule is CCc1c(C)sc(NC(=O)CSCC(=O)Nc2cc(C)on2)c1C(=O)O. The minimum atomic E-state index is -1.06. The summed E-state index contributed by atoms with van der Waals surface area (Å²) in [6, 6.07) is 1.59. The number of aryl methyl sites for hydroxylation is 2. The van der Waals surface area contributed by atoms with E-state index in [1.807, 2.05) is 13.8 Å². The first-order valence-corrected chi connectivity index (χ1v) is 9.75. The molecule has 10 heteroatoms. The molecule has 0 aromatic carbocycles. The van der Waals surface area contributed by atoms with Gasteiger partial charge in [-0.3, -0.25) is 9.59 Å². The lowest BCUT2D eigenvalue weighted by atomic mass is 10.1. The van der Waals surface area contributed by atoms with Gasteiger partial charge in [0.2, 0.25) is 11.8 Å². The first kappa shape index (κ1) is 20.0. The molecule has 2 rings (SSSR count). The van der Waals surface area contributed by atoms with Gasteiger partial charge in [-0.1, -0.05) is 12.1 Å². The second-order valence-corrected chi connectivity index (χ2v) is 7.62. The van der Waals surface area contributed by atoms with Crippen LogP contribution in [0.4, 0.5) is 10.8 Å². The molecule has 0 spiro atoms. The van der Waals surface area contributed by atoms with Crippen molar-refractivity contribution in [1.82, 2.24) is 5.16 Å². The largest absolute Gasteiger partial charge is 0.478 e. The Kier molecular flexibility index (Phi) is 6.81. The van der Waals surface area contributed by atoms with Crippen molar-refractivity contribution in [3.05, 3.63) is 27.8 Å². The van der Waals surface area contributed by atoms with Gasteiger partial charge in [-0.15, -0.1) is 23.1 Å². The number of rotatable bonds is 8. The summed E-state index contributed by atoms with van der Waals surface area (Å²) in [5.41, 5.74) is 0.875. The van der Waals surface area contributed by atoms with Crippen molar-refractivity contribution in [3.63, 3.8) is 0 Å². The van der Waals surface area contributed by atoms with Gasteiger partial charge in [0.1, 0.15) is 10.8 Å². The molecule has 0 aliphatic heterocycles. The highest BCUT2D eigenvalue weighted by molar-refractivity contribution is 8.00. The number of carboxylic acids is 1. The Bertz CT molecular complexity index is 828. The highest BCUT2D eigenvalue weighted by atomic mass is 32.2. The van der Waals surface area contributed by atoms with Crippen LogP contribution in [0.5, 0.6) is 0 Å². The van der Waals surface area contributed by atoms with E-state index in [9.17, 15) is 19.5 Å². The number of nitrogens with zero attached hydrogens (tertiary/aromatic N) is 1. The van der Waals surface area contributed by atoms with Crippen molar-refractivity contribution in [2.45, 2.75) is 27.2 Å². The number of anilines is 2. The summed E-state index contributed by atoms with van der Waals surface area (Å²) in [7, 11) is 0. The van der Waals surface area contributed by atoms with Crippen molar-refractivity contribution in [2.24, 2.45) is 0 Å². The number of amides is 2. The van der Waals surface area contributed by atoms with Gasteiger partial charge in [0.15, 0.2) is 5.82 Å². The Labute approximate surface area is 158 Å². The second kappa shape index (κ2) is 8.86. The normalized spacial score (nSPS) is 10.6. The molecule has 0 unspecified atom stereocenters. The smallest absolute Gasteiger partial charge is 0.339 e. The lowest BCUT2D eigenvalue weighted by Gasteiger charge is -2.05. The van der Waals surface area contributed by atoms with E-state index in [2.05, 4.69) is 15.8 Å². The van der Waals surface area contributed by atoms with E-state index in [1.165, 1.54) is 11.3 Å². The lowest BCUT2D eigenvalue weighted by molar-refractivity contribution is -0.114. The molecule has 3 N–H and O–H groups in total. The molecule has 0 aliphatic carbocycles. The van der Waals surface area contributed by atoms with E-state index in [4.69, 9.17) is 4.52 Å². The molecule has 0 atom stereocenters. The highest BCUT2D eigenvalue weighted by Gasteiger charge is 2.21. The summed E-state index contributed by atoms with van der Waals surface area (Å²) >= 11 is 2.37. The number of aromatic nitrogens is 1. The third-order valence-electron chi connectivity index (χ3n) is 3.39. The summed E-state index contributed by atoms with van der Waals surface area (Å²) in [5, 5.41) is 18.6. The number of aromatic carboxylic acids is 1. The Morgan fingerprint density at radius 2 is 1.88 bits per heavy atom. The summed E-state index contributed by atoms with van der Waals surface area (Å²) in [6.07, 6.45) is 0.580. The van der Waals surface area contributed by atoms with Crippen LogP contribution in [0, 0.1) is 13.8 Å². The fraction of sp³-hybridized carbons (Fsp3) is 0.375. The fourth-order valence-corrected chi connectivity index (χ4v) is 4.09. The number of nitrogens with one attached hydrogen (secondary N) is 2. The number of thiophene rings is 1. The average molecular weight is 397 g/mol. The average Bonchev–Trinajstić information content (AvgIpc) is 3.09. The fourth-order valence-electron chi connectivity index (χ4n) is 2.32. The maximum Gasteiger partial charge on any atom is 0.339 e. The molecule has 2 heterocycles. The minimum absolute atomic E-state index is 0.0305. The maximum atomic E-state index is 12.1. The van der Waals surface area contributed by atoms with Gasteiger partial charge < -0.3 is 20.3 Å². The molecule has 26 heavy (non-hydrogen) atoms. The van der Waals surface area contributed by atoms with Crippen LogP contribution in [-0.2, 0) is 16.0 Å². The molecule has 2 aromatic rings. The lowest BCUT2D eigenvalue weighted by Crippen LogP contribution is -2.19. The quantitative estimate of drug-likeness (QED) is 0.626. The van der Waals surface area contributed by atoms with Gasteiger partial charge in [0.25, 0.3) is 0 Å². The number of hydrogen-bond acceptors (Lipinski definition) is 7. The van der Waals surface area contributed by atoms with Gasteiger partial charge in [-0.05, 0) is 25.8 Å². The van der Waals surface area contributed by atoms with Crippen LogP contribution in [0.3, 0.4) is 0 Å². The van der Waals surface area contributed by atoms with Crippen LogP contribution >= 0.6 is 23.1 Å². The molecule has 0 bridgehead atoms. The zero-order valence-corrected chi connectivity index (χ0v) is 16.2. The molecule has 0 fully saturated rings. The van der Waals surface area contributed by atoms with Gasteiger partial charge in [0, 0.05) is 10.9 Å². The van der Waals surface area contributed by atoms with Gasteiger partial charge in [-0.2, -0.15) is 0 Å². The van der Waals surface area contributed by atoms with Gasteiger partial charge in [-0.25, -0.2) is 4.79 Å². The van der Waals surface area contributed by atoms with Crippen molar-refractivity contribution >= 4 is 51.7 Å². The van der Waals surface area contributed by atoms with Crippen molar-refractivity contribution in [3.8, 4) is 0 Å². The predicted molar refractivity (Wildman–Crippen MR) is 101 cm³/mol. The van der Waals surface area contributed by atoms with Gasteiger partial charge in [0.05, 0.1) is 17.1 Å². The van der Waals surface area contributed by atoms with Gasteiger partial charge >= 0.3 is 5.97 Å². The molecular formula is C16H19N3O5S2. The summed E-state index contributed by atoms with van der Waals surface area (Å²) < 4.78 is 4.84. The molecule has 140 valence electrons. The Balaban J connectivity index is 1.85. The highest BCUT2D eigenvalue weighted by Crippen LogP contribution is 2.33. The summed E-state index contributed by atoms with van der Waals surface area (Å²) in [4.78, 5) is 36.2. The van der Waals surface area contributed by atoms with Crippen molar-refractivity contribution in [2.75, 3.05) is 22.1 Å². The molecule has 0 aliphatic rings. The number of carboxylic acid groups (broad SMARTS) is 1. The Morgan fingerprint density at radius 1 is 1.23 bits per heavy atom. The van der Waals surface area contributed by atoms with Crippen LogP contribution in [0.15, 0.2) is 10.6 Å². The standard InChI is InChI=1S/C16H19N3O5S2/c1-4-10-9(3)26-15(14(10)16(22)23)18-13(21)7-25-6-12(20)17-11-5-8(2)24-19-11/h5H,4,6-7H2,1-3H3,(H,18,21)(H,22,23)(H,17,19,20). The molecule has 0 saturated heterocycles. The zero-order chi connectivity index (χ0) is 19.3. The van der Waals surface area contributed by atoms with E-state index in [1.54, 1.807) is 13.0 Å². The molecular weight excluding hydrogens is 378 g/mol. The molecule has 2 aromatic heterocycles. The molecule has 8 nitrogen and oxygen atoms in total. The van der Waals surface area contributed by atoms with Crippen molar-refractivity contribution in [1.29, 1.82) is 0 Å². The van der Waals surface area contributed by atoms with Crippen molar-refractivity contribution < 1.29 is 24.0 Å². The van der Waals surface area contributed by atoms with E-state index < -0.39 is 5.97 Å². The topological polar surface area (TPSA) is 122 Å². The molecule has 2 amide bonds. The third-order valence-corrected chi connectivity index (χ3v) is 5.39. The monoisotopic (exact) mass is 397 g/mol. The maximum absolute atomic E-state index is 12.1. The number of thioether (sulfide) groups is 1. The van der Waals surface area contributed by atoms with E-state index in [-0.39, 0.29) is 28.9 Å². The number of hydrogen-bond donors (Lipinski definition) is 3. The van der Waals surface area contributed by atoms with Crippen LogP contribution in [0.1, 0.15) is 33.5 Å². The number of carbonyl (C=O) groups is 3. The Morgan fingerprint density at radius 3 is 2.42 bits per heavy atom. The van der Waals surface area contributed by atoms with Crippen LogP contribution in [0.2, 0.25) is 0 Å². The van der Waals surface area contributed by atoms with E-state index >= 15 is 0 Å². The minimum Gasteiger partial charge on any atom is -0.478 e. The first-order valence-electron chi connectivity index (χ1n) is 7.78. The second-order valence-electron chi connectivity index (χ2n) is 5.41. The van der Waals surface area contributed by atoms with E-state index in [0.717, 1.165) is 22.2 Å². The molecule has 0 radical (unpaired) electrons. The van der Waals surface area contributed by atoms with E-state index in [0.29, 0.717) is 23.0 Å². The predicted octanol–water partition coefficient (Wildman–Crippen LogP) is 2.92. The third kappa shape index (κ3) is 5.09. The molecule has 0 saturated carbocycles. The van der Waals surface area contributed by atoms with Crippen LogP contribution in [0.25, 0.3) is 0 Å². The van der Waals surface area contributed by atoms with Crippen LogP contribution in [-0.4, -0.2) is 39.6 Å². The summed E-state index contributed by atoms with van der Waals surface area (Å²) in [5.74, 6) is -0.716. The number of carbonyl (C=O) groups excluding carboxylic acids is 2. The van der Waals surface area contributed by atoms with Crippen LogP contribution < -0.4 is 10.6 Å². The first-order chi connectivity index (χ1) is 12.3. The Hall–Kier alpha value is -2.33. The summed E-state index contributed by atoms with van der Waals surface area (Å²) in [6.45, 7) is 5.41.